The summed E-state index contributed by atoms with van der Waals surface area (Å²) in [4.78, 5) is 33.2. The lowest BCUT2D eigenvalue weighted by Crippen LogP contribution is -2.42. The molecule has 1 aliphatic carbocycles. The number of halogens is 5. The molecule has 0 aliphatic heterocycles. The van der Waals surface area contributed by atoms with Crippen molar-refractivity contribution in [2.45, 2.75) is 50.1 Å². The van der Waals surface area contributed by atoms with Crippen molar-refractivity contribution < 1.29 is 58.1 Å². The Morgan fingerprint density at radius 2 is 1.35 bits per heavy atom. The first-order valence-corrected chi connectivity index (χ1v) is 17.6. The molecule has 0 amide bonds. The topological polar surface area (TPSA) is 113 Å². The van der Waals surface area contributed by atoms with Crippen LogP contribution in [0.3, 0.4) is 0 Å². The third kappa shape index (κ3) is 14.0. The van der Waals surface area contributed by atoms with Gasteiger partial charge in [-0.2, -0.15) is 17.2 Å². The van der Waals surface area contributed by atoms with Crippen LogP contribution in [0.25, 0.3) is 0 Å². The highest BCUT2D eigenvalue weighted by Gasteiger charge is 2.57. The first kappa shape index (κ1) is 37.4. The van der Waals surface area contributed by atoms with Gasteiger partial charge in [-0.25, -0.2) is 23.2 Å². The third-order valence-electron chi connectivity index (χ3n) is 5.17. The Labute approximate surface area is 248 Å². The van der Waals surface area contributed by atoms with E-state index in [2.05, 4.69) is 11.0 Å². The fourth-order valence-corrected chi connectivity index (χ4v) is 3.86. The Balaban J connectivity index is 0.000000325. The Hall–Kier alpha value is -3.59. The van der Waals surface area contributed by atoms with Gasteiger partial charge in [-0.05, 0) is 56.7 Å². The van der Waals surface area contributed by atoms with Crippen molar-refractivity contribution in [1.82, 2.24) is 0 Å². The van der Waals surface area contributed by atoms with E-state index >= 15 is 0 Å². The van der Waals surface area contributed by atoms with Crippen LogP contribution >= 0.6 is 0 Å². The van der Waals surface area contributed by atoms with Crippen molar-refractivity contribution in [3.8, 4) is 0 Å². The van der Waals surface area contributed by atoms with Gasteiger partial charge in [0.25, 0.3) is 5.92 Å². The highest BCUT2D eigenvalue weighted by molar-refractivity contribution is 7.88. The molecule has 15 heteroatoms. The summed E-state index contributed by atoms with van der Waals surface area (Å²) < 4.78 is 95.6. The molecule has 2 aromatic rings. The molecule has 1 atom stereocenters. The zero-order valence-corrected chi connectivity index (χ0v) is 25.6. The smallest absolute Gasteiger partial charge is 0.469 e. The zero-order valence-electron chi connectivity index (χ0n) is 23.7. The second kappa shape index (κ2) is 16.3. The lowest BCUT2D eigenvalue weighted by atomic mass is 10.2. The second-order valence-electron chi connectivity index (χ2n) is 9.99. The lowest BCUT2D eigenvalue weighted by Gasteiger charge is -2.19. The van der Waals surface area contributed by atoms with Gasteiger partial charge >= 0.3 is 33.4 Å². The van der Waals surface area contributed by atoms with Crippen molar-refractivity contribution in [3.63, 3.8) is 0 Å². The molecule has 43 heavy (non-hydrogen) atoms. The minimum absolute atomic E-state index is 0.0635. The molecule has 1 aliphatic rings. The average molecular weight is 653 g/mol. The monoisotopic (exact) mass is 652 g/mol. The molecule has 0 spiro atoms. The molecule has 238 valence electrons. The maximum Gasteiger partial charge on any atom is 0.469 e. The van der Waals surface area contributed by atoms with Crippen molar-refractivity contribution in [3.05, 3.63) is 84.4 Å². The van der Waals surface area contributed by atoms with Crippen molar-refractivity contribution in [1.29, 1.82) is 0 Å². The molecule has 0 aromatic heterocycles. The number of benzene rings is 2. The number of carbonyl (C=O) groups is 3. The van der Waals surface area contributed by atoms with E-state index in [9.17, 15) is 44.2 Å². The van der Waals surface area contributed by atoms with Gasteiger partial charge in [0, 0.05) is 12.3 Å². The molecular weight excluding hydrogens is 619 g/mol. The molecular formula is C28H33F5O8SSi. The second-order valence-corrected chi connectivity index (χ2v) is 15.8. The van der Waals surface area contributed by atoms with Crippen LogP contribution in [0.4, 0.5) is 21.4 Å². The van der Waals surface area contributed by atoms with Crippen LogP contribution in [0.2, 0.25) is 19.6 Å². The highest BCUT2D eigenvalue weighted by Crippen LogP contribution is 2.50. The Morgan fingerprint density at radius 1 is 0.930 bits per heavy atom. The van der Waals surface area contributed by atoms with Gasteiger partial charge in [-0.1, -0.05) is 46.4 Å². The molecule has 3 rings (SSSR count). The van der Waals surface area contributed by atoms with E-state index in [1.165, 1.54) is 19.6 Å². The van der Waals surface area contributed by atoms with Crippen LogP contribution in [-0.2, 0) is 28.9 Å². The first-order chi connectivity index (χ1) is 19.8. The number of hydrogen-bond acceptors (Lipinski definition) is 8. The van der Waals surface area contributed by atoms with Crippen molar-refractivity contribution in [2.24, 2.45) is 5.92 Å². The molecule has 1 unspecified atom stereocenters. The average Bonchev–Trinajstić information content (AvgIpc) is 3.54. The summed E-state index contributed by atoms with van der Waals surface area (Å²) >= 11 is 0. The maximum absolute atomic E-state index is 12.5. The van der Waals surface area contributed by atoms with Gasteiger partial charge in [0.1, 0.15) is 0 Å². The summed E-state index contributed by atoms with van der Waals surface area (Å²) in [7, 11) is -8.93. The van der Waals surface area contributed by atoms with Gasteiger partial charge in [-0.3, -0.25) is 0 Å². The number of esters is 2. The summed E-state index contributed by atoms with van der Waals surface area (Å²) in [5.74, 6) is -6.22. The molecule has 0 radical (unpaired) electrons. The van der Waals surface area contributed by atoms with Crippen molar-refractivity contribution in [2.75, 3.05) is 13.2 Å². The third-order valence-corrected chi connectivity index (χ3v) is 6.75. The minimum atomic E-state index is -6.26. The van der Waals surface area contributed by atoms with Gasteiger partial charge in [0.2, 0.25) is 8.32 Å². The molecule has 1 fully saturated rings. The van der Waals surface area contributed by atoms with E-state index < -0.39 is 47.6 Å². The number of carbonyl (C=O) groups excluding carboxylic acids is 3. The number of alkyl halides is 4. The standard InChI is InChI=1S/C12H12F2O2.C11H12O2.C5H9F3O4SSi/c13-12(14)8-10(12)6-7-16-11(15)9-4-2-1-3-5-9;1-2-3-9-13-11(12)10-7-5-4-6-8-10;1-14(2,3)12-4(9)5(6,7)13(8,10)11/h1-5,10H,6-8H2;2,4-8H,1,3,9H2;1-3H3. The van der Waals surface area contributed by atoms with E-state index in [0.717, 1.165) is 0 Å². The number of rotatable bonds is 11. The van der Waals surface area contributed by atoms with E-state index in [1.807, 2.05) is 18.2 Å². The van der Waals surface area contributed by atoms with E-state index in [4.69, 9.17) is 9.47 Å². The quantitative estimate of drug-likeness (QED) is 0.0670. The molecule has 0 saturated heterocycles. The first-order valence-electron chi connectivity index (χ1n) is 12.8. The molecule has 8 nitrogen and oxygen atoms in total. The maximum atomic E-state index is 12.5. The van der Waals surface area contributed by atoms with Gasteiger partial charge in [0.05, 0.1) is 24.3 Å². The summed E-state index contributed by atoms with van der Waals surface area (Å²) in [5.41, 5.74) is 1.04. The summed E-state index contributed by atoms with van der Waals surface area (Å²) in [5, 5.41) is -5.12. The Morgan fingerprint density at radius 3 is 1.70 bits per heavy atom. The summed E-state index contributed by atoms with van der Waals surface area (Å²) in [6.07, 6.45) is 2.58. The van der Waals surface area contributed by atoms with Crippen LogP contribution in [0.15, 0.2) is 73.3 Å². The summed E-state index contributed by atoms with van der Waals surface area (Å²) in [6, 6.07) is 17.5. The molecule has 1 saturated carbocycles. The van der Waals surface area contributed by atoms with Gasteiger partial charge in [0.15, 0.2) is 0 Å². The number of hydrogen-bond donors (Lipinski definition) is 0. The molecule has 0 N–H and O–H groups in total. The Bertz CT molecular complexity index is 1320. The predicted molar refractivity (Wildman–Crippen MR) is 150 cm³/mol. The van der Waals surface area contributed by atoms with Crippen molar-refractivity contribution >= 4 is 36.4 Å². The minimum Gasteiger partial charge on any atom is -0.515 e. The van der Waals surface area contributed by atoms with Crippen LogP contribution in [0, 0.1) is 5.92 Å². The van der Waals surface area contributed by atoms with Crippen LogP contribution in [0.1, 0.15) is 40.0 Å². The lowest BCUT2D eigenvalue weighted by molar-refractivity contribution is -0.151. The van der Waals surface area contributed by atoms with Gasteiger partial charge in [-0.15, -0.1) is 6.58 Å². The van der Waals surface area contributed by atoms with Gasteiger partial charge < -0.3 is 13.9 Å². The van der Waals surface area contributed by atoms with Crippen LogP contribution in [-0.4, -0.2) is 59.0 Å². The molecule has 0 bridgehead atoms. The van der Waals surface area contributed by atoms with E-state index in [-0.39, 0.29) is 25.4 Å². The molecule has 2 aromatic carbocycles. The van der Waals surface area contributed by atoms with Crippen LogP contribution in [0.5, 0.6) is 0 Å². The van der Waals surface area contributed by atoms with E-state index in [1.54, 1.807) is 48.5 Å². The fourth-order valence-electron chi connectivity index (χ4n) is 2.86. The Kier molecular flexibility index (Phi) is 14.2. The fraction of sp³-hybridized carbons (Fsp3) is 0.393. The highest BCUT2D eigenvalue weighted by atomic mass is 32.3. The van der Waals surface area contributed by atoms with E-state index in [0.29, 0.717) is 24.2 Å². The zero-order chi connectivity index (χ0) is 32.9. The predicted octanol–water partition coefficient (Wildman–Crippen LogP) is 6.56. The summed E-state index contributed by atoms with van der Waals surface area (Å²) in [6.45, 7) is 8.14. The molecule has 0 heterocycles. The van der Waals surface area contributed by atoms with Crippen LogP contribution < -0.4 is 0 Å². The largest absolute Gasteiger partial charge is 0.515 e. The normalized spacial score (nSPS) is 15.3. The number of ether oxygens (including phenoxy) is 2. The SMILES string of the molecule is C=CCCOC(=O)c1ccccc1.C[Si](C)(C)OC(=O)C(F)(F)S(=O)(=O)F.O=C(OCCC1CC1(F)F)c1ccccc1.